The second-order valence-corrected chi connectivity index (χ2v) is 5.09. The van der Waals surface area contributed by atoms with Gasteiger partial charge in [0.15, 0.2) is 6.26 Å². The molecule has 0 atom stereocenters. The molecule has 1 saturated carbocycles. The van der Waals surface area contributed by atoms with Gasteiger partial charge in [-0.3, -0.25) is 4.79 Å². The van der Waals surface area contributed by atoms with Gasteiger partial charge >= 0.3 is 5.97 Å². The molecular weight excluding hydrogens is 210 g/mol. The smallest absolute Gasteiger partial charge is 0.322 e. The molecule has 16 heavy (non-hydrogen) atoms. The van der Waals surface area contributed by atoms with Crippen LogP contribution < -0.4 is 0 Å². The maximum Gasteiger partial charge on any atom is 0.322 e. The fourth-order valence-corrected chi connectivity index (χ4v) is 1.49. The van der Waals surface area contributed by atoms with Gasteiger partial charge in [0.25, 0.3) is 5.88 Å². The number of ether oxygens (including phenoxy) is 1. The summed E-state index contributed by atoms with van der Waals surface area (Å²) in [4.78, 5) is 15.7. The molecule has 1 heterocycles. The number of carbonyl (C=O) groups excluding carboxylic acids is 1. The zero-order chi connectivity index (χ0) is 12.0. The lowest BCUT2D eigenvalue weighted by molar-refractivity contribution is -0.158. The SMILES string of the molecule is CC(C)(C)OC(=O)C1(c2nc(O)co2)CC1. The maximum absolute atomic E-state index is 11.9. The average molecular weight is 225 g/mol. The second kappa shape index (κ2) is 3.23. The van der Waals surface area contributed by atoms with E-state index in [4.69, 9.17) is 14.3 Å². The first-order valence-corrected chi connectivity index (χ1v) is 5.22. The molecular formula is C11H15NO4. The Balaban J connectivity index is 2.17. The van der Waals surface area contributed by atoms with E-state index in [9.17, 15) is 4.79 Å². The van der Waals surface area contributed by atoms with Crippen LogP contribution in [-0.2, 0) is 14.9 Å². The van der Waals surface area contributed by atoms with E-state index in [1.807, 2.05) is 20.8 Å². The van der Waals surface area contributed by atoms with E-state index in [1.54, 1.807) is 0 Å². The number of carbonyl (C=O) groups is 1. The Morgan fingerprint density at radius 3 is 2.56 bits per heavy atom. The molecule has 1 N–H and O–H groups in total. The molecule has 0 aliphatic heterocycles. The van der Waals surface area contributed by atoms with Crippen molar-refractivity contribution in [3.63, 3.8) is 0 Å². The summed E-state index contributed by atoms with van der Waals surface area (Å²) < 4.78 is 10.4. The first-order chi connectivity index (χ1) is 7.33. The summed E-state index contributed by atoms with van der Waals surface area (Å²) in [6.45, 7) is 5.44. The summed E-state index contributed by atoms with van der Waals surface area (Å²) >= 11 is 0. The fraction of sp³-hybridized carbons (Fsp3) is 0.636. The number of nitrogens with zero attached hydrogens (tertiary/aromatic N) is 1. The zero-order valence-electron chi connectivity index (χ0n) is 9.61. The molecule has 5 nitrogen and oxygen atoms in total. The van der Waals surface area contributed by atoms with Crippen LogP contribution in [0.15, 0.2) is 10.7 Å². The van der Waals surface area contributed by atoms with E-state index in [1.165, 1.54) is 0 Å². The number of hydrogen-bond acceptors (Lipinski definition) is 5. The molecule has 2 rings (SSSR count). The zero-order valence-corrected chi connectivity index (χ0v) is 9.61. The summed E-state index contributed by atoms with van der Waals surface area (Å²) in [6.07, 6.45) is 2.43. The number of hydrogen-bond donors (Lipinski definition) is 1. The van der Waals surface area contributed by atoms with E-state index < -0.39 is 11.0 Å². The Hall–Kier alpha value is -1.52. The monoisotopic (exact) mass is 225 g/mol. The van der Waals surface area contributed by atoms with Crippen molar-refractivity contribution in [1.82, 2.24) is 4.98 Å². The van der Waals surface area contributed by atoms with Gasteiger partial charge < -0.3 is 14.3 Å². The van der Waals surface area contributed by atoms with Gasteiger partial charge in [-0.25, -0.2) is 0 Å². The largest absolute Gasteiger partial charge is 0.491 e. The van der Waals surface area contributed by atoms with Crippen LogP contribution in [0.2, 0.25) is 0 Å². The maximum atomic E-state index is 11.9. The Bertz CT molecular complexity index is 412. The number of oxazole rings is 1. The average Bonchev–Trinajstić information content (AvgIpc) is 2.82. The van der Waals surface area contributed by atoms with E-state index >= 15 is 0 Å². The van der Waals surface area contributed by atoms with Gasteiger partial charge in [-0.2, -0.15) is 4.98 Å². The first-order valence-electron chi connectivity index (χ1n) is 5.22. The molecule has 0 radical (unpaired) electrons. The van der Waals surface area contributed by atoms with Crippen molar-refractivity contribution in [3.8, 4) is 5.88 Å². The van der Waals surface area contributed by atoms with Gasteiger partial charge in [0.2, 0.25) is 5.89 Å². The van der Waals surface area contributed by atoms with Crippen LogP contribution >= 0.6 is 0 Å². The quantitative estimate of drug-likeness (QED) is 0.776. The third-order valence-electron chi connectivity index (χ3n) is 2.44. The minimum Gasteiger partial charge on any atom is -0.491 e. The van der Waals surface area contributed by atoms with Crippen molar-refractivity contribution >= 4 is 5.97 Å². The molecule has 88 valence electrons. The lowest BCUT2D eigenvalue weighted by atomic mass is 10.1. The number of rotatable bonds is 2. The lowest BCUT2D eigenvalue weighted by Crippen LogP contribution is -2.32. The van der Waals surface area contributed by atoms with E-state index in [0.717, 1.165) is 6.26 Å². The number of aromatic nitrogens is 1. The van der Waals surface area contributed by atoms with Crippen molar-refractivity contribution < 1.29 is 19.1 Å². The Morgan fingerprint density at radius 1 is 1.56 bits per heavy atom. The van der Waals surface area contributed by atoms with Crippen LogP contribution in [0.1, 0.15) is 39.5 Å². The summed E-state index contributed by atoms with van der Waals surface area (Å²) in [5, 5.41) is 9.10. The van der Waals surface area contributed by atoms with Crippen LogP contribution in [0.25, 0.3) is 0 Å². The van der Waals surface area contributed by atoms with Crippen LogP contribution in [-0.4, -0.2) is 21.7 Å². The molecule has 0 spiro atoms. The number of esters is 1. The molecule has 0 amide bonds. The van der Waals surface area contributed by atoms with Crippen molar-refractivity contribution in [2.24, 2.45) is 0 Å². The van der Waals surface area contributed by atoms with Crippen molar-refractivity contribution in [3.05, 3.63) is 12.2 Å². The van der Waals surface area contributed by atoms with Crippen molar-refractivity contribution in [2.75, 3.05) is 0 Å². The van der Waals surface area contributed by atoms with Gasteiger partial charge in [-0.1, -0.05) is 0 Å². The van der Waals surface area contributed by atoms with Crippen LogP contribution in [0.4, 0.5) is 0 Å². The van der Waals surface area contributed by atoms with E-state index in [2.05, 4.69) is 4.98 Å². The van der Waals surface area contributed by atoms with Gasteiger partial charge in [-0.05, 0) is 33.6 Å². The highest BCUT2D eigenvalue weighted by Crippen LogP contribution is 2.49. The van der Waals surface area contributed by atoms with Gasteiger partial charge in [-0.15, -0.1) is 0 Å². The van der Waals surface area contributed by atoms with Crippen LogP contribution in [0.5, 0.6) is 5.88 Å². The predicted octanol–water partition coefficient (Wildman–Crippen LogP) is 1.75. The molecule has 1 aliphatic carbocycles. The van der Waals surface area contributed by atoms with Gasteiger partial charge in [0, 0.05) is 0 Å². The third kappa shape index (κ3) is 1.89. The molecule has 1 aliphatic rings. The molecule has 0 unspecified atom stereocenters. The predicted molar refractivity (Wildman–Crippen MR) is 54.9 cm³/mol. The summed E-state index contributed by atoms with van der Waals surface area (Å²) in [5.41, 5.74) is -1.30. The molecule has 0 aromatic carbocycles. The molecule has 0 bridgehead atoms. The summed E-state index contributed by atoms with van der Waals surface area (Å²) in [7, 11) is 0. The minimum atomic E-state index is -0.770. The van der Waals surface area contributed by atoms with Gasteiger partial charge in [0.1, 0.15) is 11.0 Å². The summed E-state index contributed by atoms with van der Waals surface area (Å²) in [5.74, 6) is -0.286. The number of aromatic hydroxyl groups is 1. The highest BCUT2D eigenvalue weighted by molar-refractivity contribution is 5.85. The highest BCUT2D eigenvalue weighted by Gasteiger charge is 2.57. The minimum absolute atomic E-state index is 0.204. The van der Waals surface area contributed by atoms with Crippen LogP contribution in [0, 0.1) is 0 Å². The molecule has 0 saturated heterocycles. The van der Waals surface area contributed by atoms with Crippen LogP contribution in [0.3, 0.4) is 0 Å². The topological polar surface area (TPSA) is 72.6 Å². The van der Waals surface area contributed by atoms with Gasteiger partial charge in [0.05, 0.1) is 0 Å². The van der Waals surface area contributed by atoms with E-state index in [-0.39, 0.29) is 17.7 Å². The molecule has 1 aromatic heterocycles. The highest BCUT2D eigenvalue weighted by atomic mass is 16.6. The standard InChI is InChI=1S/C11H15NO4/c1-10(2,3)16-9(14)11(4-5-11)8-12-7(13)6-15-8/h6,13H,4-5H2,1-3H3. The molecule has 1 aromatic rings. The fourth-order valence-electron chi connectivity index (χ4n) is 1.49. The Labute approximate surface area is 93.4 Å². The first kappa shape index (κ1) is 11.0. The van der Waals surface area contributed by atoms with Crippen molar-refractivity contribution in [1.29, 1.82) is 0 Å². The second-order valence-electron chi connectivity index (χ2n) is 5.09. The third-order valence-corrected chi connectivity index (χ3v) is 2.44. The Morgan fingerprint density at radius 2 is 2.19 bits per heavy atom. The Kier molecular flexibility index (Phi) is 2.22. The normalized spacial score (nSPS) is 18.2. The molecule has 1 fully saturated rings. The lowest BCUT2D eigenvalue weighted by Gasteiger charge is -2.22. The molecule has 5 heteroatoms. The van der Waals surface area contributed by atoms with Crippen molar-refractivity contribution in [2.45, 2.75) is 44.6 Å². The van der Waals surface area contributed by atoms with E-state index in [0.29, 0.717) is 12.8 Å². The summed E-state index contributed by atoms with van der Waals surface area (Å²) in [6, 6.07) is 0.